The Morgan fingerprint density at radius 1 is 1.40 bits per heavy atom. The van der Waals surface area contributed by atoms with Crippen LogP contribution >= 0.6 is 15.9 Å². The van der Waals surface area contributed by atoms with Crippen molar-refractivity contribution in [2.24, 2.45) is 0 Å². The Balaban J connectivity index is 2.27. The average molecular weight is 364 g/mol. The molecule has 0 amide bonds. The molecule has 0 radical (unpaired) electrons. The molecule has 0 aromatic heterocycles. The van der Waals surface area contributed by atoms with E-state index in [1.807, 2.05) is 6.92 Å². The lowest BCUT2D eigenvalue weighted by atomic mass is 9.93. The zero-order valence-corrected chi connectivity index (χ0v) is 13.6. The van der Waals surface area contributed by atoms with E-state index in [2.05, 4.69) is 20.7 Å². The zero-order valence-electron chi connectivity index (χ0n) is 11.2. The first-order chi connectivity index (χ1) is 9.38. The summed E-state index contributed by atoms with van der Waals surface area (Å²) in [6.45, 7) is 2.50. The Labute approximate surface area is 127 Å². The molecule has 1 aromatic rings. The van der Waals surface area contributed by atoms with Crippen molar-refractivity contribution in [3.63, 3.8) is 0 Å². The Bertz CT molecular complexity index is 582. The maximum Gasteiger partial charge on any atom is 0.241 e. The first-order valence-electron chi connectivity index (χ1n) is 6.37. The van der Waals surface area contributed by atoms with E-state index in [1.165, 1.54) is 0 Å². The highest BCUT2D eigenvalue weighted by molar-refractivity contribution is 9.10. The monoisotopic (exact) mass is 363 g/mol. The van der Waals surface area contributed by atoms with Crippen LogP contribution < -0.4 is 4.72 Å². The van der Waals surface area contributed by atoms with Crippen LogP contribution in [-0.2, 0) is 14.8 Å². The molecular formula is C13H18BrNO4S. The van der Waals surface area contributed by atoms with Gasteiger partial charge in [-0.2, -0.15) is 0 Å². The summed E-state index contributed by atoms with van der Waals surface area (Å²) in [6, 6.07) is 4.86. The van der Waals surface area contributed by atoms with E-state index in [4.69, 9.17) is 4.74 Å². The van der Waals surface area contributed by atoms with E-state index in [0.29, 0.717) is 26.1 Å². The van der Waals surface area contributed by atoms with Gasteiger partial charge in [0.25, 0.3) is 0 Å². The highest BCUT2D eigenvalue weighted by atomic mass is 79.9. The minimum absolute atomic E-state index is 0.206. The first kappa shape index (κ1) is 15.9. The van der Waals surface area contributed by atoms with Gasteiger partial charge >= 0.3 is 0 Å². The fourth-order valence-corrected chi connectivity index (χ4v) is 3.97. The largest absolute Gasteiger partial charge is 0.394 e. The predicted octanol–water partition coefficient (Wildman–Crippen LogP) is 1.58. The fourth-order valence-electron chi connectivity index (χ4n) is 2.18. The third-order valence-electron chi connectivity index (χ3n) is 3.54. The second-order valence-corrected chi connectivity index (χ2v) is 7.60. The number of rotatable bonds is 4. The normalized spacial score (nSPS) is 18.9. The van der Waals surface area contributed by atoms with Crippen LogP contribution in [0.25, 0.3) is 0 Å². The van der Waals surface area contributed by atoms with Crippen LogP contribution in [0.5, 0.6) is 0 Å². The van der Waals surface area contributed by atoms with Crippen molar-refractivity contribution < 1.29 is 18.3 Å². The molecule has 1 heterocycles. The Morgan fingerprint density at radius 3 is 2.60 bits per heavy atom. The van der Waals surface area contributed by atoms with E-state index in [1.54, 1.807) is 18.2 Å². The number of benzene rings is 1. The number of halogens is 1. The maximum absolute atomic E-state index is 12.4. The summed E-state index contributed by atoms with van der Waals surface area (Å²) in [4.78, 5) is 0.206. The fraction of sp³-hybridized carbons (Fsp3) is 0.538. The van der Waals surface area contributed by atoms with E-state index in [9.17, 15) is 13.5 Å². The molecule has 112 valence electrons. The highest BCUT2D eigenvalue weighted by Gasteiger charge is 2.36. The van der Waals surface area contributed by atoms with Crippen LogP contribution in [0.1, 0.15) is 18.4 Å². The number of hydrogen-bond acceptors (Lipinski definition) is 4. The third kappa shape index (κ3) is 3.40. The number of nitrogens with one attached hydrogen (secondary N) is 1. The summed E-state index contributed by atoms with van der Waals surface area (Å²) >= 11 is 3.35. The van der Waals surface area contributed by atoms with Gasteiger partial charge in [-0.3, -0.25) is 0 Å². The van der Waals surface area contributed by atoms with Crippen LogP contribution in [0, 0.1) is 6.92 Å². The SMILES string of the molecule is Cc1cc(S(=O)(=O)NC2(CO)CCOCC2)ccc1Br. The lowest BCUT2D eigenvalue weighted by Gasteiger charge is -2.35. The first-order valence-corrected chi connectivity index (χ1v) is 8.65. The number of aliphatic hydroxyl groups is 1. The molecule has 1 fully saturated rings. The zero-order chi connectivity index (χ0) is 14.8. The van der Waals surface area contributed by atoms with Crippen LogP contribution in [-0.4, -0.2) is 38.9 Å². The van der Waals surface area contributed by atoms with Gasteiger partial charge in [-0.25, -0.2) is 13.1 Å². The molecular weight excluding hydrogens is 346 g/mol. The summed E-state index contributed by atoms with van der Waals surface area (Å²) in [6.07, 6.45) is 0.941. The number of aliphatic hydroxyl groups excluding tert-OH is 1. The van der Waals surface area contributed by atoms with Crippen LogP contribution in [0.4, 0.5) is 0 Å². The molecule has 1 aromatic carbocycles. The summed E-state index contributed by atoms with van der Waals surface area (Å²) in [7, 11) is -3.66. The van der Waals surface area contributed by atoms with E-state index >= 15 is 0 Å². The molecule has 0 saturated carbocycles. The quantitative estimate of drug-likeness (QED) is 0.851. The molecule has 20 heavy (non-hydrogen) atoms. The number of sulfonamides is 1. The molecule has 1 aliphatic rings. The molecule has 2 rings (SSSR count). The number of ether oxygens (including phenoxy) is 1. The van der Waals surface area contributed by atoms with Crippen LogP contribution in [0.3, 0.4) is 0 Å². The average Bonchev–Trinajstić information content (AvgIpc) is 2.42. The van der Waals surface area contributed by atoms with E-state index < -0.39 is 15.6 Å². The van der Waals surface area contributed by atoms with Gasteiger partial charge in [-0.1, -0.05) is 15.9 Å². The van der Waals surface area contributed by atoms with Gasteiger partial charge in [0.1, 0.15) is 0 Å². The van der Waals surface area contributed by atoms with Gasteiger partial charge in [-0.05, 0) is 43.5 Å². The van der Waals surface area contributed by atoms with E-state index in [0.717, 1.165) is 10.0 Å². The third-order valence-corrected chi connectivity index (χ3v) is 6.01. The van der Waals surface area contributed by atoms with Crippen molar-refractivity contribution in [3.05, 3.63) is 28.2 Å². The smallest absolute Gasteiger partial charge is 0.241 e. The van der Waals surface area contributed by atoms with Crippen LogP contribution in [0.15, 0.2) is 27.6 Å². The van der Waals surface area contributed by atoms with Gasteiger partial charge in [0.15, 0.2) is 0 Å². The van der Waals surface area contributed by atoms with Crippen molar-refractivity contribution in [2.45, 2.75) is 30.2 Å². The molecule has 0 atom stereocenters. The molecule has 0 unspecified atom stereocenters. The van der Waals surface area contributed by atoms with E-state index in [-0.39, 0.29) is 11.5 Å². The van der Waals surface area contributed by atoms with Crippen molar-refractivity contribution >= 4 is 26.0 Å². The standard InChI is InChI=1S/C13H18BrNO4S/c1-10-8-11(2-3-12(10)14)20(17,18)15-13(9-16)4-6-19-7-5-13/h2-3,8,15-16H,4-7,9H2,1H3. The minimum Gasteiger partial charge on any atom is -0.394 e. The van der Waals surface area contributed by atoms with Gasteiger partial charge in [-0.15, -0.1) is 0 Å². The molecule has 1 saturated heterocycles. The Morgan fingerprint density at radius 2 is 2.05 bits per heavy atom. The second kappa shape index (κ2) is 6.11. The van der Waals surface area contributed by atoms with Gasteiger partial charge < -0.3 is 9.84 Å². The number of aryl methyl sites for hydroxylation is 1. The van der Waals surface area contributed by atoms with Gasteiger partial charge in [0.05, 0.1) is 17.0 Å². The molecule has 0 aliphatic carbocycles. The predicted molar refractivity (Wildman–Crippen MR) is 79.1 cm³/mol. The topological polar surface area (TPSA) is 75.6 Å². The Hall–Kier alpha value is -0.470. The molecule has 0 bridgehead atoms. The lowest BCUT2D eigenvalue weighted by Crippen LogP contribution is -2.54. The van der Waals surface area contributed by atoms with Crippen molar-refractivity contribution in [1.82, 2.24) is 4.72 Å². The Kier molecular flexibility index (Phi) is 4.86. The molecule has 0 spiro atoms. The van der Waals surface area contributed by atoms with Gasteiger partial charge in [0.2, 0.25) is 10.0 Å². The van der Waals surface area contributed by atoms with Crippen LogP contribution in [0.2, 0.25) is 0 Å². The second-order valence-electron chi connectivity index (χ2n) is 5.07. The van der Waals surface area contributed by atoms with Crippen molar-refractivity contribution in [2.75, 3.05) is 19.8 Å². The highest BCUT2D eigenvalue weighted by Crippen LogP contribution is 2.25. The number of hydrogen-bond donors (Lipinski definition) is 2. The van der Waals surface area contributed by atoms with Gasteiger partial charge in [0, 0.05) is 17.7 Å². The molecule has 7 heteroatoms. The molecule has 2 N–H and O–H groups in total. The maximum atomic E-state index is 12.4. The summed E-state index contributed by atoms with van der Waals surface area (Å²) < 4.78 is 33.6. The van der Waals surface area contributed by atoms with Crippen molar-refractivity contribution in [3.8, 4) is 0 Å². The lowest BCUT2D eigenvalue weighted by molar-refractivity contribution is 0.0223. The molecule has 1 aliphatic heterocycles. The summed E-state index contributed by atoms with van der Waals surface area (Å²) in [5.74, 6) is 0. The molecule has 5 nitrogen and oxygen atoms in total. The summed E-state index contributed by atoms with van der Waals surface area (Å²) in [5, 5.41) is 9.56. The minimum atomic E-state index is -3.66. The van der Waals surface area contributed by atoms with Crippen molar-refractivity contribution in [1.29, 1.82) is 0 Å². The summed E-state index contributed by atoms with van der Waals surface area (Å²) in [5.41, 5.74) is 0.0239.